The van der Waals surface area contributed by atoms with Crippen LogP contribution in [0, 0.1) is 0 Å². The molecule has 0 saturated heterocycles. The van der Waals surface area contributed by atoms with Crippen molar-refractivity contribution in [1.29, 1.82) is 0 Å². The Morgan fingerprint density at radius 3 is 2.56 bits per heavy atom. The molecule has 3 rings (SSSR count). The van der Waals surface area contributed by atoms with Gasteiger partial charge in [-0.05, 0) is 24.3 Å². The second kappa shape index (κ2) is 3.74. The minimum atomic E-state index is 1.01. The summed E-state index contributed by atoms with van der Waals surface area (Å²) in [5.74, 6) is 0. The molecule has 3 heterocycles. The molecular weight excluding hydrogens is 196 g/mol. The van der Waals surface area contributed by atoms with Gasteiger partial charge in [0.2, 0.25) is 5.52 Å². The maximum atomic E-state index is 4.39. The van der Waals surface area contributed by atoms with E-state index in [0.717, 1.165) is 11.3 Å². The summed E-state index contributed by atoms with van der Waals surface area (Å²) in [5.41, 5.74) is 3.33. The van der Waals surface area contributed by atoms with Crippen molar-refractivity contribution in [3.63, 3.8) is 0 Å². The Bertz CT molecular complexity index is 612. The summed E-state index contributed by atoms with van der Waals surface area (Å²) in [4.78, 5) is 4.39. The molecule has 2 heteroatoms. The molecule has 2 nitrogen and oxygen atoms in total. The Labute approximate surface area is 93.8 Å². The standard InChI is InChI=1S/C14H11N2/c1-3-9-15-13(7-1)12-6-5-11-16-10-4-2-8-14(12)16/h1-11H/q+1. The van der Waals surface area contributed by atoms with Gasteiger partial charge >= 0.3 is 0 Å². The molecule has 0 atom stereocenters. The SMILES string of the molecule is c1ccc(-c2ccc[n+]3ccccc23)nc1. The molecule has 0 aliphatic heterocycles. The summed E-state index contributed by atoms with van der Waals surface area (Å²) >= 11 is 0. The van der Waals surface area contributed by atoms with Gasteiger partial charge in [-0.25, -0.2) is 0 Å². The molecule has 3 aromatic heterocycles. The quantitative estimate of drug-likeness (QED) is 0.560. The first-order valence-corrected chi connectivity index (χ1v) is 5.25. The van der Waals surface area contributed by atoms with Crippen LogP contribution in [0.15, 0.2) is 67.1 Å². The van der Waals surface area contributed by atoms with Crippen molar-refractivity contribution in [3.8, 4) is 11.3 Å². The number of hydrogen-bond donors (Lipinski definition) is 0. The molecule has 0 aliphatic carbocycles. The lowest BCUT2D eigenvalue weighted by Crippen LogP contribution is -2.20. The normalized spacial score (nSPS) is 10.5. The Morgan fingerprint density at radius 1 is 0.812 bits per heavy atom. The van der Waals surface area contributed by atoms with E-state index in [1.807, 2.05) is 55.0 Å². The Hall–Kier alpha value is -2.22. The van der Waals surface area contributed by atoms with Crippen molar-refractivity contribution in [3.05, 3.63) is 67.1 Å². The molecule has 0 saturated carbocycles. The van der Waals surface area contributed by atoms with Crippen molar-refractivity contribution in [1.82, 2.24) is 4.98 Å². The van der Waals surface area contributed by atoms with Gasteiger partial charge in [0.15, 0.2) is 12.4 Å². The largest absolute Gasteiger partial charge is 0.256 e. The Morgan fingerprint density at radius 2 is 1.69 bits per heavy atom. The molecule has 0 fully saturated rings. The van der Waals surface area contributed by atoms with E-state index in [2.05, 4.69) is 21.5 Å². The van der Waals surface area contributed by atoms with Gasteiger partial charge in [0.05, 0.1) is 11.3 Å². The van der Waals surface area contributed by atoms with Gasteiger partial charge in [0.1, 0.15) is 0 Å². The van der Waals surface area contributed by atoms with E-state index in [1.54, 1.807) is 0 Å². The molecule has 0 unspecified atom stereocenters. The summed E-state index contributed by atoms with van der Waals surface area (Å²) in [6.45, 7) is 0. The molecule has 0 N–H and O–H groups in total. The summed E-state index contributed by atoms with van der Waals surface area (Å²) in [5, 5.41) is 0. The number of fused-ring (bicyclic) bond motifs is 1. The predicted molar refractivity (Wildman–Crippen MR) is 62.8 cm³/mol. The minimum Gasteiger partial charge on any atom is -0.256 e. The topological polar surface area (TPSA) is 17.0 Å². The fourth-order valence-electron chi connectivity index (χ4n) is 1.87. The monoisotopic (exact) mass is 207 g/mol. The third kappa shape index (κ3) is 1.44. The molecule has 3 aromatic rings. The van der Waals surface area contributed by atoms with Crippen LogP contribution in [-0.2, 0) is 0 Å². The average Bonchev–Trinajstić information content (AvgIpc) is 2.39. The fraction of sp³-hybridized carbons (Fsp3) is 0. The third-order valence-electron chi connectivity index (χ3n) is 2.62. The minimum absolute atomic E-state index is 1.01. The van der Waals surface area contributed by atoms with Crippen molar-refractivity contribution >= 4 is 5.52 Å². The highest BCUT2D eigenvalue weighted by molar-refractivity contribution is 5.74. The maximum absolute atomic E-state index is 4.39. The van der Waals surface area contributed by atoms with Crippen LogP contribution < -0.4 is 4.40 Å². The second-order valence-electron chi connectivity index (χ2n) is 3.63. The molecule has 0 bridgehead atoms. The van der Waals surface area contributed by atoms with E-state index in [1.165, 1.54) is 5.52 Å². The molecular formula is C14H11N2+. The zero-order valence-corrected chi connectivity index (χ0v) is 8.75. The average molecular weight is 207 g/mol. The number of rotatable bonds is 1. The summed E-state index contributed by atoms with van der Waals surface area (Å²) in [6.07, 6.45) is 5.91. The van der Waals surface area contributed by atoms with E-state index in [0.29, 0.717) is 0 Å². The predicted octanol–water partition coefficient (Wildman–Crippen LogP) is 2.49. The van der Waals surface area contributed by atoms with Gasteiger partial charge in [-0.2, -0.15) is 4.40 Å². The first-order chi connectivity index (χ1) is 7.95. The summed E-state index contributed by atoms with van der Waals surface area (Å²) < 4.78 is 2.10. The highest BCUT2D eigenvalue weighted by atomic mass is 14.8. The highest BCUT2D eigenvalue weighted by Crippen LogP contribution is 2.18. The molecule has 0 amide bonds. The van der Waals surface area contributed by atoms with Gasteiger partial charge in [0, 0.05) is 24.4 Å². The Kier molecular flexibility index (Phi) is 2.11. The van der Waals surface area contributed by atoms with Crippen molar-refractivity contribution in [2.75, 3.05) is 0 Å². The van der Waals surface area contributed by atoms with Gasteiger partial charge < -0.3 is 0 Å². The van der Waals surface area contributed by atoms with E-state index in [4.69, 9.17) is 0 Å². The molecule has 0 radical (unpaired) electrons. The zero-order chi connectivity index (χ0) is 10.8. The highest BCUT2D eigenvalue weighted by Gasteiger charge is 2.09. The Balaban J connectivity index is 2.32. The van der Waals surface area contributed by atoms with Crippen LogP contribution in [-0.4, -0.2) is 4.98 Å². The molecule has 0 aliphatic rings. The molecule has 76 valence electrons. The lowest BCUT2D eigenvalue weighted by molar-refractivity contribution is -0.511. The van der Waals surface area contributed by atoms with E-state index >= 15 is 0 Å². The van der Waals surface area contributed by atoms with Gasteiger partial charge in [-0.15, -0.1) is 0 Å². The first kappa shape index (κ1) is 9.04. The summed E-state index contributed by atoms with van der Waals surface area (Å²) in [7, 11) is 0. The van der Waals surface area contributed by atoms with E-state index < -0.39 is 0 Å². The fourth-order valence-corrected chi connectivity index (χ4v) is 1.87. The van der Waals surface area contributed by atoms with Crippen molar-refractivity contribution < 1.29 is 4.40 Å². The zero-order valence-electron chi connectivity index (χ0n) is 8.75. The maximum Gasteiger partial charge on any atom is 0.220 e. The van der Waals surface area contributed by atoms with E-state index in [-0.39, 0.29) is 0 Å². The van der Waals surface area contributed by atoms with Crippen LogP contribution in [0.2, 0.25) is 0 Å². The van der Waals surface area contributed by atoms with Gasteiger partial charge in [-0.1, -0.05) is 6.07 Å². The van der Waals surface area contributed by atoms with Crippen molar-refractivity contribution in [2.24, 2.45) is 0 Å². The van der Waals surface area contributed by atoms with Crippen molar-refractivity contribution in [2.45, 2.75) is 0 Å². The van der Waals surface area contributed by atoms with Gasteiger partial charge in [0.25, 0.3) is 0 Å². The van der Waals surface area contributed by atoms with Crippen LogP contribution in [0.5, 0.6) is 0 Å². The van der Waals surface area contributed by atoms with Gasteiger partial charge in [-0.3, -0.25) is 4.98 Å². The van der Waals surface area contributed by atoms with Crippen LogP contribution in [0.4, 0.5) is 0 Å². The number of hydrogen-bond acceptors (Lipinski definition) is 1. The first-order valence-electron chi connectivity index (χ1n) is 5.25. The molecule has 16 heavy (non-hydrogen) atoms. The second-order valence-corrected chi connectivity index (χ2v) is 3.63. The smallest absolute Gasteiger partial charge is 0.220 e. The molecule has 0 spiro atoms. The third-order valence-corrected chi connectivity index (χ3v) is 2.62. The number of pyridine rings is 3. The van der Waals surface area contributed by atoms with E-state index in [9.17, 15) is 0 Å². The lowest BCUT2D eigenvalue weighted by Gasteiger charge is -1.99. The number of aromatic nitrogens is 2. The van der Waals surface area contributed by atoms with Crippen LogP contribution in [0.25, 0.3) is 16.8 Å². The lowest BCUT2D eigenvalue weighted by atomic mass is 10.1. The summed E-state index contributed by atoms with van der Waals surface area (Å²) in [6, 6.07) is 16.3. The van der Waals surface area contributed by atoms with Crippen LogP contribution >= 0.6 is 0 Å². The molecule has 0 aromatic carbocycles. The number of nitrogens with zero attached hydrogens (tertiary/aromatic N) is 2. The van der Waals surface area contributed by atoms with Crippen LogP contribution in [0.3, 0.4) is 0 Å². The van der Waals surface area contributed by atoms with Crippen LogP contribution in [0.1, 0.15) is 0 Å².